The average Bonchev–Trinajstić information content (AvgIpc) is 2.83. The van der Waals surface area contributed by atoms with Crippen molar-refractivity contribution in [3.63, 3.8) is 0 Å². The van der Waals surface area contributed by atoms with Crippen molar-refractivity contribution < 1.29 is 17.9 Å². The Kier molecular flexibility index (Phi) is 5.40. The molecular weight excluding hydrogens is 280 g/mol. The topological polar surface area (TPSA) is 84.5 Å². The predicted octanol–water partition coefficient (Wildman–Crippen LogP) is -0.306. The van der Waals surface area contributed by atoms with Gasteiger partial charge >= 0.3 is 0 Å². The average molecular weight is 304 g/mol. The molecule has 20 heavy (non-hydrogen) atoms. The van der Waals surface area contributed by atoms with Gasteiger partial charge in [-0.05, 0) is 25.8 Å². The van der Waals surface area contributed by atoms with Crippen molar-refractivity contribution >= 4 is 15.7 Å². The summed E-state index contributed by atoms with van der Waals surface area (Å²) in [6, 6.07) is -0.205. The van der Waals surface area contributed by atoms with Crippen LogP contribution in [0.1, 0.15) is 26.2 Å². The Morgan fingerprint density at radius 2 is 2.15 bits per heavy atom. The molecule has 1 amide bonds. The zero-order valence-electron chi connectivity index (χ0n) is 11.9. The molecule has 7 heteroatoms. The third-order valence-corrected chi connectivity index (χ3v) is 5.70. The molecule has 2 heterocycles. The summed E-state index contributed by atoms with van der Waals surface area (Å²) in [4.78, 5) is 12.3. The van der Waals surface area contributed by atoms with Gasteiger partial charge in [-0.15, -0.1) is 0 Å². The van der Waals surface area contributed by atoms with Crippen LogP contribution in [0.25, 0.3) is 0 Å². The van der Waals surface area contributed by atoms with E-state index in [0.29, 0.717) is 19.6 Å². The summed E-state index contributed by atoms with van der Waals surface area (Å²) in [5.74, 6) is 0.00997. The fraction of sp³-hybridized carbons (Fsp3) is 0.923. The second-order valence-electron chi connectivity index (χ2n) is 5.67. The fourth-order valence-corrected chi connectivity index (χ4v) is 4.42. The number of carbonyl (C=O) groups is 1. The molecule has 2 fully saturated rings. The van der Waals surface area contributed by atoms with Crippen molar-refractivity contribution in [3.8, 4) is 0 Å². The van der Waals surface area contributed by atoms with Gasteiger partial charge < -0.3 is 15.4 Å². The Balaban J connectivity index is 1.87. The van der Waals surface area contributed by atoms with Crippen LogP contribution in [0.5, 0.6) is 0 Å². The van der Waals surface area contributed by atoms with Crippen molar-refractivity contribution in [2.75, 3.05) is 31.3 Å². The molecule has 0 aromatic heterocycles. The smallest absolute Gasteiger partial charge is 0.227 e. The molecule has 3 unspecified atom stereocenters. The first-order valence-corrected chi connectivity index (χ1v) is 9.16. The maximum atomic E-state index is 12.3. The highest BCUT2D eigenvalue weighted by molar-refractivity contribution is 7.91. The van der Waals surface area contributed by atoms with Crippen molar-refractivity contribution in [1.82, 2.24) is 10.6 Å². The van der Waals surface area contributed by atoms with Crippen molar-refractivity contribution in [2.45, 2.75) is 38.3 Å². The van der Waals surface area contributed by atoms with Gasteiger partial charge in [0.05, 0.1) is 30.6 Å². The lowest BCUT2D eigenvalue weighted by Gasteiger charge is -2.26. The van der Waals surface area contributed by atoms with Crippen LogP contribution in [0.3, 0.4) is 0 Å². The second-order valence-corrected chi connectivity index (χ2v) is 7.90. The highest BCUT2D eigenvalue weighted by atomic mass is 32.2. The zero-order valence-corrected chi connectivity index (χ0v) is 12.7. The van der Waals surface area contributed by atoms with Crippen LogP contribution < -0.4 is 10.6 Å². The summed E-state index contributed by atoms with van der Waals surface area (Å²) in [6.07, 6.45) is 2.38. The largest absolute Gasteiger partial charge is 0.379 e. The van der Waals surface area contributed by atoms with E-state index in [1.807, 2.05) is 0 Å². The maximum absolute atomic E-state index is 12.3. The monoisotopic (exact) mass is 304 g/mol. The molecule has 0 aromatic rings. The number of hydrogen-bond acceptors (Lipinski definition) is 5. The number of hydrogen-bond donors (Lipinski definition) is 2. The van der Waals surface area contributed by atoms with E-state index in [4.69, 9.17) is 4.74 Å². The molecule has 2 aliphatic rings. The van der Waals surface area contributed by atoms with Crippen molar-refractivity contribution in [1.29, 1.82) is 0 Å². The van der Waals surface area contributed by atoms with Gasteiger partial charge in [-0.25, -0.2) is 8.42 Å². The van der Waals surface area contributed by atoms with Gasteiger partial charge in [-0.3, -0.25) is 4.79 Å². The lowest BCUT2D eigenvalue weighted by molar-refractivity contribution is -0.126. The molecule has 2 aliphatic heterocycles. The van der Waals surface area contributed by atoms with Crippen molar-refractivity contribution in [3.05, 3.63) is 0 Å². The van der Waals surface area contributed by atoms with E-state index in [-0.39, 0.29) is 35.4 Å². The molecule has 0 radical (unpaired) electrons. The first kappa shape index (κ1) is 15.7. The molecule has 6 nitrogen and oxygen atoms in total. The van der Waals surface area contributed by atoms with Gasteiger partial charge in [-0.1, -0.05) is 6.92 Å². The molecule has 3 atom stereocenters. The van der Waals surface area contributed by atoms with Gasteiger partial charge in [0, 0.05) is 12.1 Å². The molecule has 0 bridgehead atoms. The Morgan fingerprint density at radius 3 is 2.85 bits per heavy atom. The molecule has 0 aliphatic carbocycles. The fourth-order valence-electron chi connectivity index (χ4n) is 2.79. The zero-order chi connectivity index (χ0) is 14.6. The van der Waals surface area contributed by atoms with Gasteiger partial charge in [0.2, 0.25) is 5.91 Å². The molecule has 0 saturated carbocycles. The summed E-state index contributed by atoms with van der Waals surface area (Å²) < 4.78 is 28.5. The summed E-state index contributed by atoms with van der Waals surface area (Å²) >= 11 is 0. The minimum Gasteiger partial charge on any atom is -0.379 e. The van der Waals surface area contributed by atoms with E-state index in [1.165, 1.54) is 0 Å². The number of ether oxygens (including phenoxy) is 1. The Morgan fingerprint density at radius 1 is 1.35 bits per heavy atom. The van der Waals surface area contributed by atoms with E-state index in [0.717, 1.165) is 19.4 Å². The maximum Gasteiger partial charge on any atom is 0.227 e. The van der Waals surface area contributed by atoms with E-state index in [2.05, 4.69) is 17.6 Å². The van der Waals surface area contributed by atoms with Crippen molar-refractivity contribution in [2.24, 2.45) is 5.92 Å². The summed E-state index contributed by atoms with van der Waals surface area (Å²) in [5, 5.41) is 6.20. The molecule has 2 N–H and O–H groups in total. The summed E-state index contributed by atoms with van der Waals surface area (Å²) in [5.41, 5.74) is 0. The highest BCUT2D eigenvalue weighted by Crippen LogP contribution is 2.17. The summed E-state index contributed by atoms with van der Waals surface area (Å²) in [7, 11) is -2.99. The number of rotatable bonds is 5. The Hall–Kier alpha value is -0.660. The number of nitrogens with one attached hydrogen (secondary N) is 2. The standard InChI is InChI=1S/C13H24N2O4S/c1-2-5-14-12-8-19-7-11(12)13(16)15-10-4-3-6-20(17,18)9-10/h10-12,14H,2-9H2,1H3,(H,15,16). The molecule has 0 spiro atoms. The van der Waals surface area contributed by atoms with Gasteiger partial charge in [0.15, 0.2) is 9.84 Å². The first-order valence-electron chi connectivity index (χ1n) is 7.34. The minimum atomic E-state index is -2.99. The molecule has 0 aromatic carbocycles. The lowest BCUT2D eigenvalue weighted by atomic mass is 10.0. The minimum absolute atomic E-state index is 0.0372. The SMILES string of the molecule is CCCNC1COCC1C(=O)NC1CCCS(=O)(=O)C1. The number of sulfone groups is 1. The highest BCUT2D eigenvalue weighted by Gasteiger charge is 2.35. The second kappa shape index (κ2) is 6.87. The van der Waals surface area contributed by atoms with Crippen LogP contribution in [-0.4, -0.2) is 57.7 Å². The Bertz CT molecular complexity index is 438. The van der Waals surface area contributed by atoms with E-state index in [9.17, 15) is 13.2 Å². The first-order chi connectivity index (χ1) is 9.52. The third kappa shape index (κ3) is 4.17. The Labute approximate surface area is 120 Å². The van der Waals surface area contributed by atoms with Crippen LogP contribution in [0.4, 0.5) is 0 Å². The lowest BCUT2D eigenvalue weighted by Crippen LogP contribution is -2.50. The van der Waals surface area contributed by atoms with Crippen LogP contribution in [0, 0.1) is 5.92 Å². The summed E-state index contributed by atoms with van der Waals surface area (Å²) in [6.45, 7) is 3.88. The van der Waals surface area contributed by atoms with Crippen LogP contribution >= 0.6 is 0 Å². The normalized spacial score (nSPS) is 33.0. The van der Waals surface area contributed by atoms with E-state index < -0.39 is 9.84 Å². The van der Waals surface area contributed by atoms with Crippen LogP contribution in [-0.2, 0) is 19.4 Å². The molecular formula is C13H24N2O4S. The van der Waals surface area contributed by atoms with Gasteiger partial charge in [0.25, 0.3) is 0 Å². The van der Waals surface area contributed by atoms with Crippen LogP contribution in [0.15, 0.2) is 0 Å². The molecule has 2 rings (SSSR count). The van der Waals surface area contributed by atoms with Crippen LogP contribution in [0.2, 0.25) is 0 Å². The number of amides is 1. The van der Waals surface area contributed by atoms with E-state index >= 15 is 0 Å². The third-order valence-electron chi connectivity index (χ3n) is 3.88. The number of carbonyl (C=O) groups excluding carboxylic acids is 1. The molecule has 2 saturated heterocycles. The predicted molar refractivity (Wildman–Crippen MR) is 76.2 cm³/mol. The molecule has 116 valence electrons. The van der Waals surface area contributed by atoms with E-state index in [1.54, 1.807) is 0 Å². The van der Waals surface area contributed by atoms with Gasteiger partial charge in [-0.2, -0.15) is 0 Å². The van der Waals surface area contributed by atoms with Gasteiger partial charge in [0.1, 0.15) is 0 Å². The quantitative estimate of drug-likeness (QED) is 0.728.